The largest absolute Gasteiger partial charge is 0.456 e. The lowest BCUT2D eigenvalue weighted by Crippen LogP contribution is -1.93. The lowest BCUT2D eigenvalue weighted by Gasteiger charge is -2.12. The SMILES string of the molecule is Fc1cccc(Oc2cccc3ccccc23)c1CCl. The Balaban J connectivity index is 2.08. The van der Waals surface area contributed by atoms with Crippen LogP contribution in [0.5, 0.6) is 11.5 Å². The third-order valence-corrected chi connectivity index (χ3v) is 3.45. The molecule has 3 heteroatoms. The fourth-order valence-corrected chi connectivity index (χ4v) is 2.43. The van der Waals surface area contributed by atoms with Crippen LogP contribution in [0.2, 0.25) is 0 Å². The molecule has 1 nitrogen and oxygen atoms in total. The smallest absolute Gasteiger partial charge is 0.135 e. The van der Waals surface area contributed by atoms with Crippen molar-refractivity contribution < 1.29 is 9.13 Å². The zero-order valence-electron chi connectivity index (χ0n) is 10.6. The molecule has 3 aromatic carbocycles. The molecule has 0 aliphatic carbocycles. The normalized spacial score (nSPS) is 10.7. The Kier molecular flexibility index (Phi) is 3.57. The van der Waals surface area contributed by atoms with Gasteiger partial charge in [0.15, 0.2) is 0 Å². The number of alkyl halides is 1. The van der Waals surface area contributed by atoms with Crippen molar-refractivity contribution in [3.8, 4) is 11.5 Å². The monoisotopic (exact) mass is 286 g/mol. The van der Waals surface area contributed by atoms with Gasteiger partial charge in [-0.15, -0.1) is 11.6 Å². The summed E-state index contributed by atoms with van der Waals surface area (Å²) >= 11 is 5.80. The highest BCUT2D eigenvalue weighted by Crippen LogP contribution is 2.33. The highest BCUT2D eigenvalue weighted by Gasteiger charge is 2.10. The molecule has 0 saturated heterocycles. The predicted molar refractivity (Wildman–Crippen MR) is 80.0 cm³/mol. The van der Waals surface area contributed by atoms with Crippen LogP contribution < -0.4 is 4.74 Å². The molecule has 0 fully saturated rings. The number of fused-ring (bicyclic) bond motifs is 1. The molecule has 0 aromatic heterocycles. The number of hydrogen-bond acceptors (Lipinski definition) is 1. The standard InChI is InChI=1S/C17H12ClFO/c18-11-14-15(19)8-4-10-17(14)20-16-9-3-6-12-5-1-2-7-13(12)16/h1-10H,11H2. The first-order chi connectivity index (χ1) is 9.79. The van der Waals surface area contributed by atoms with Crippen LogP contribution in [0.25, 0.3) is 10.8 Å². The van der Waals surface area contributed by atoms with E-state index in [-0.39, 0.29) is 11.7 Å². The van der Waals surface area contributed by atoms with E-state index in [1.807, 2.05) is 42.5 Å². The predicted octanol–water partition coefficient (Wildman–Crippen LogP) is 5.51. The number of rotatable bonds is 3. The van der Waals surface area contributed by atoms with Gasteiger partial charge in [0, 0.05) is 10.9 Å². The average Bonchev–Trinajstić information content (AvgIpc) is 2.48. The molecule has 3 rings (SSSR count). The van der Waals surface area contributed by atoms with Gasteiger partial charge < -0.3 is 4.74 Å². The summed E-state index contributed by atoms with van der Waals surface area (Å²) in [6.45, 7) is 0. The van der Waals surface area contributed by atoms with Crippen LogP contribution >= 0.6 is 11.6 Å². The maximum atomic E-state index is 13.7. The van der Waals surface area contributed by atoms with E-state index >= 15 is 0 Å². The molecule has 3 aromatic rings. The third kappa shape index (κ3) is 2.35. The van der Waals surface area contributed by atoms with Crippen molar-refractivity contribution in [2.45, 2.75) is 5.88 Å². The number of benzene rings is 3. The Morgan fingerprint density at radius 2 is 1.55 bits per heavy atom. The first-order valence-corrected chi connectivity index (χ1v) is 6.82. The van der Waals surface area contributed by atoms with Gasteiger partial charge in [0.05, 0.1) is 5.88 Å². The van der Waals surface area contributed by atoms with E-state index < -0.39 is 0 Å². The van der Waals surface area contributed by atoms with Crippen molar-refractivity contribution >= 4 is 22.4 Å². The molecule has 0 radical (unpaired) electrons. The Labute approximate surface area is 121 Å². The summed E-state index contributed by atoms with van der Waals surface area (Å²) in [5, 5.41) is 2.06. The van der Waals surface area contributed by atoms with Crippen LogP contribution in [0.15, 0.2) is 60.7 Å². The minimum Gasteiger partial charge on any atom is -0.456 e. The molecule has 0 amide bonds. The molecule has 0 N–H and O–H groups in total. The van der Waals surface area contributed by atoms with Crippen molar-refractivity contribution in [2.24, 2.45) is 0 Å². The fourth-order valence-electron chi connectivity index (χ4n) is 2.17. The first-order valence-electron chi connectivity index (χ1n) is 6.28. The van der Waals surface area contributed by atoms with E-state index in [0.29, 0.717) is 17.1 Å². The molecule has 0 aliphatic heterocycles. The second-order valence-electron chi connectivity index (χ2n) is 4.43. The minimum absolute atomic E-state index is 0.0762. The lowest BCUT2D eigenvalue weighted by atomic mass is 10.1. The maximum absolute atomic E-state index is 13.7. The van der Waals surface area contributed by atoms with Crippen LogP contribution in [0.3, 0.4) is 0 Å². The molecule has 100 valence electrons. The van der Waals surface area contributed by atoms with Gasteiger partial charge in [-0.05, 0) is 23.6 Å². The summed E-state index contributed by atoms with van der Waals surface area (Å²) in [7, 11) is 0. The summed E-state index contributed by atoms with van der Waals surface area (Å²) in [6, 6.07) is 18.4. The molecule has 0 aliphatic rings. The molecule has 0 spiro atoms. The zero-order valence-corrected chi connectivity index (χ0v) is 11.4. The highest BCUT2D eigenvalue weighted by molar-refractivity contribution is 6.17. The number of ether oxygens (including phenoxy) is 1. The summed E-state index contributed by atoms with van der Waals surface area (Å²) in [5.41, 5.74) is 0.377. The van der Waals surface area contributed by atoms with Gasteiger partial charge in [-0.3, -0.25) is 0 Å². The van der Waals surface area contributed by atoms with E-state index in [0.717, 1.165) is 10.8 Å². The van der Waals surface area contributed by atoms with Crippen molar-refractivity contribution in [2.75, 3.05) is 0 Å². The Hall–Kier alpha value is -2.06. The molecule has 0 saturated carbocycles. The van der Waals surface area contributed by atoms with Gasteiger partial charge in [-0.2, -0.15) is 0 Å². The van der Waals surface area contributed by atoms with Gasteiger partial charge >= 0.3 is 0 Å². The Bertz CT molecular complexity index is 750. The van der Waals surface area contributed by atoms with Crippen molar-refractivity contribution in [1.82, 2.24) is 0 Å². The van der Waals surface area contributed by atoms with Crippen molar-refractivity contribution in [3.63, 3.8) is 0 Å². The van der Waals surface area contributed by atoms with Crippen molar-refractivity contribution in [3.05, 3.63) is 72.0 Å². The molecule has 20 heavy (non-hydrogen) atoms. The average molecular weight is 287 g/mol. The number of hydrogen-bond donors (Lipinski definition) is 0. The van der Waals surface area contributed by atoms with Crippen LogP contribution in [0.4, 0.5) is 4.39 Å². The summed E-state index contributed by atoms with van der Waals surface area (Å²) in [5.74, 6) is 0.876. The Morgan fingerprint density at radius 1 is 0.850 bits per heavy atom. The van der Waals surface area contributed by atoms with E-state index in [1.165, 1.54) is 6.07 Å². The quantitative estimate of drug-likeness (QED) is 0.577. The van der Waals surface area contributed by atoms with Gasteiger partial charge in [0.25, 0.3) is 0 Å². The van der Waals surface area contributed by atoms with Crippen molar-refractivity contribution in [1.29, 1.82) is 0 Å². The van der Waals surface area contributed by atoms with Crippen LogP contribution in [0, 0.1) is 5.82 Å². The van der Waals surface area contributed by atoms with Gasteiger partial charge in [0.1, 0.15) is 17.3 Å². The minimum atomic E-state index is -0.349. The van der Waals surface area contributed by atoms with Gasteiger partial charge in [0.2, 0.25) is 0 Å². The number of halogens is 2. The third-order valence-electron chi connectivity index (χ3n) is 3.18. The van der Waals surface area contributed by atoms with Gasteiger partial charge in [-0.1, -0.05) is 42.5 Å². The van der Waals surface area contributed by atoms with E-state index in [9.17, 15) is 4.39 Å². The second-order valence-corrected chi connectivity index (χ2v) is 4.70. The second kappa shape index (κ2) is 5.51. The lowest BCUT2D eigenvalue weighted by molar-refractivity contribution is 0.475. The summed E-state index contributed by atoms with van der Waals surface area (Å²) in [6.07, 6.45) is 0. The van der Waals surface area contributed by atoms with E-state index in [2.05, 4.69) is 0 Å². The van der Waals surface area contributed by atoms with Gasteiger partial charge in [-0.25, -0.2) is 4.39 Å². The molecule has 0 bridgehead atoms. The fraction of sp³-hybridized carbons (Fsp3) is 0.0588. The first kappa shape index (κ1) is 12.9. The highest BCUT2D eigenvalue weighted by atomic mass is 35.5. The van der Waals surface area contributed by atoms with Crippen LogP contribution in [-0.2, 0) is 5.88 Å². The molecular weight excluding hydrogens is 275 g/mol. The molecule has 0 heterocycles. The molecule has 0 unspecified atom stereocenters. The Morgan fingerprint density at radius 3 is 2.40 bits per heavy atom. The maximum Gasteiger partial charge on any atom is 0.135 e. The zero-order chi connectivity index (χ0) is 13.9. The van der Waals surface area contributed by atoms with E-state index in [4.69, 9.17) is 16.3 Å². The van der Waals surface area contributed by atoms with E-state index in [1.54, 1.807) is 12.1 Å². The van der Waals surface area contributed by atoms with Crippen LogP contribution in [-0.4, -0.2) is 0 Å². The van der Waals surface area contributed by atoms with Crippen LogP contribution in [0.1, 0.15) is 5.56 Å². The summed E-state index contributed by atoms with van der Waals surface area (Å²) in [4.78, 5) is 0. The summed E-state index contributed by atoms with van der Waals surface area (Å²) < 4.78 is 19.6. The molecular formula is C17H12ClFO. The molecule has 0 atom stereocenters. The topological polar surface area (TPSA) is 9.23 Å².